The Bertz CT molecular complexity index is 1160. The molecule has 0 aromatic heterocycles. The number of esters is 2. The maximum atomic E-state index is 12.8. The van der Waals surface area contributed by atoms with Gasteiger partial charge in [0.15, 0.2) is 6.10 Å². The Morgan fingerprint density at radius 2 is 0.726 bits per heavy atom. The summed E-state index contributed by atoms with van der Waals surface area (Å²) in [5.74, 6) is -0.435. The molecule has 5 nitrogen and oxygen atoms in total. The highest BCUT2D eigenvalue weighted by Crippen LogP contribution is 2.13. The van der Waals surface area contributed by atoms with E-state index in [1.807, 2.05) is 0 Å². The molecule has 0 saturated carbocycles. The number of ether oxygens (including phenoxy) is 3. The summed E-state index contributed by atoms with van der Waals surface area (Å²) in [4.78, 5) is 25.4. The first-order valence-corrected chi connectivity index (χ1v) is 26.1. The van der Waals surface area contributed by atoms with Crippen molar-refractivity contribution in [2.24, 2.45) is 0 Å². The third-order valence-corrected chi connectivity index (χ3v) is 10.9. The Hall–Kier alpha value is -2.92. The minimum atomic E-state index is -0.562. The first-order valence-electron chi connectivity index (χ1n) is 26.1. The standard InChI is InChI=1S/C57H98O5/c1-4-7-10-13-16-19-22-25-28-29-31-32-35-38-41-44-47-50-56(58)61-54-55(53-60-52-49-46-43-40-37-34-27-24-21-18-15-12-9-6-3)62-57(59)51-48-45-42-39-36-33-30-26-23-20-17-14-11-8-5-2/h9,12,16-21,25-28,30,34,55H,4-8,10-11,13-15,22-24,29,31-33,35-54H2,1-3H3/b12-9-,19-16-,20-17-,21-18-,28-25-,30-26-,34-27-. The van der Waals surface area contributed by atoms with Crippen LogP contribution in [0.15, 0.2) is 85.1 Å². The molecule has 0 saturated heterocycles. The summed E-state index contributed by atoms with van der Waals surface area (Å²) in [6.07, 6.45) is 68.7. The van der Waals surface area contributed by atoms with E-state index in [-0.39, 0.29) is 25.2 Å². The van der Waals surface area contributed by atoms with Crippen molar-refractivity contribution in [3.63, 3.8) is 0 Å². The van der Waals surface area contributed by atoms with Gasteiger partial charge in [-0.05, 0) is 116 Å². The molecule has 0 heterocycles. The van der Waals surface area contributed by atoms with Gasteiger partial charge in [0, 0.05) is 19.4 Å². The van der Waals surface area contributed by atoms with E-state index in [0.29, 0.717) is 19.4 Å². The highest BCUT2D eigenvalue weighted by molar-refractivity contribution is 5.70. The van der Waals surface area contributed by atoms with Gasteiger partial charge in [0.2, 0.25) is 0 Å². The highest BCUT2D eigenvalue weighted by atomic mass is 16.6. The van der Waals surface area contributed by atoms with E-state index < -0.39 is 6.10 Å². The van der Waals surface area contributed by atoms with Crippen molar-refractivity contribution in [1.82, 2.24) is 0 Å². The number of hydrogen-bond donors (Lipinski definition) is 0. The van der Waals surface area contributed by atoms with E-state index >= 15 is 0 Å². The van der Waals surface area contributed by atoms with Crippen LogP contribution in [0.4, 0.5) is 0 Å². The Balaban J connectivity index is 4.34. The SMILES string of the molecule is CC/C=C\C/C=C\C/C=C\CCCCCCOCC(COC(=O)CCCCCCCCC/C=C\C/C=C\CCCCC)OC(=O)CCCCCCC/C=C\C/C=C\CCCCC. The maximum absolute atomic E-state index is 12.8. The number of rotatable bonds is 47. The summed E-state index contributed by atoms with van der Waals surface area (Å²) in [6.45, 7) is 7.60. The second-order valence-corrected chi connectivity index (χ2v) is 17.0. The van der Waals surface area contributed by atoms with Crippen LogP contribution in [0.1, 0.15) is 239 Å². The molecule has 0 fully saturated rings. The van der Waals surface area contributed by atoms with Gasteiger partial charge in [0.05, 0.1) is 6.61 Å². The summed E-state index contributed by atoms with van der Waals surface area (Å²) in [6, 6.07) is 0. The molecular weight excluding hydrogens is 765 g/mol. The number of unbranched alkanes of at least 4 members (excludes halogenated alkanes) is 22. The van der Waals surface area contributed by atoms with Crippen LogP contribution in [0.2, 0.25) is 0 Å². The van der Waals surface area contributed by atoms with Gasteiger partial charge in [-0.3, -0.25) is 9.59 Å². The second kappa shape index (κ2) is 52.4. The Morgan fingerprint density at radius 3 is 1.16 bits per heavy atom. The maximum Gasteiger partial charge on any atom is 0.306 e. The number of carbonyl (C=O) groups excluding carboxylic acids is 2. The molecule has 0 spiro atoms. The molecule has 0 aromatic carbocycles. The smallest absolute Gasteiger partial charge is 0.306 e. The zero-order chi connectivity index (χ0) is 44.9. The van der Waals surface area contributed by atoms with Crippen LogP contribution < -0.4 is 0 Å². The molecule has 0 aliphatic carbocycles. The highest BCUT2D eigenvalue weighted by Gasteiger charge is 2.17. The monoisotopic (exact) mass is 863 g/mol. The Kier molecular flexibility index (Phi) is 50.0. The fourth-order valence-electron chi connectivity index (χ4n) is 7.00. The van der Waals surface area contributed by atoms with Crippen molar-refractivity contribution in [3.05, 3.63) is 85.1 Å². The van der Waals surface area contributed by atoms with E-state index in [9.17, 15) is 9.59 Å². The first kappa shape index (κ1) is 59.1. The molecule has 0 bridgehead atoms. The number of allylic oxidation sites excluding steroid dienone is 14. The predicted molar refractivity (Wildman–Crippen MR) is 270 cm³/mol. The van der Waals surface area contributed by atoms with Gasteiger partial charge < -0.3 is 14.2 Å². The average Bonchev–Trinajstić information content (AvgIpc) is 3.27. The van der Waals surface area contributed by atoms with E-state index in [2.05, 4.69) is 106 Å². The van der Waals surface area contributed by atoms with Gasteiger partial charge in [-0.2, -0.15) is 0 Å². The summed E-state index contributed by atoms with van der Waals surface area (Å²) < 4.78 is 17.4. The van der Waals surface area contributed by atoms with Crippen molar-refractivity contribution in [2.75, 3.05) is 19.8 Å². The molecule has 1 unspecified atom stereocenters. The van der Waals surface area contributed by atoms with E-state index in [4.69, 9.17) is 14.2 Å². The fourth-order valence-corrected chi connectivity index (χ4v) is 7.00. The summed E-state index contributed by atoms with van der Waals surface area (Å²) in [7, 11) is 0. The van der Waals surface area contributed by atoms with Crippen LogP contribution >= 0.6 is 0 Å². The quantitative estimate of drug-likeness (QED) is 0.0346. The molecule has 62 heavy (non-hydrogen) atoms. The minimum absolute atomic E-state index is 0.0629. The summed E-state index contributed by atoms with van der Waals surface area (Å²) in [5, 5.41) is 0. The molecule has 0 amide bonds. The first-order chi connectivity index (χ1) is 30.6. The lowest BCUT2D eigenvalue weighted by Gasteiger charge is -2.18. The molecular formula is C57H98O5. The Morgan fingerprint density at radius 1 is 0.371 bits per heavy atom. The van der Waals surface area contributed by atoms with Crippen LogP contribution in [0, 0.1) is 0 Å². The largest absolute Gasteiger partial charge is 0.462 e. The molecule has 0 aliphatic rings. The molecule has 0 rings (SSSR count). The van der Waals surface area contributed by atoms with Gasteiger partial charge in [0.25, 0.3) is 0 Å². The van der Waals surface area contributed by atoms with Crippen LogP contribution in [0.25, 0.3) is 0 Å². The number of hydrogen-bond acceptors (Lipinski definition) is 5. The molecule has 5 heteroatoms. The lowest BCUT2D eigenvalue weighted by atomic mass is 10.1. The lowest BCUT2D eigenvalue weighted by Crippen LogP contribution is -2.30. The molecule has 0 radical (unpaired) electrons. The van der Waals surface area contributed by atoms with Gasteiger partial charge in [0.1, 0.15) is 6.61 Å². The lowest BCUT2D eigenvalue weighted by molar-refractivity contribution is -0.163. The summed E-state index contributed by atoms with van der Waals surface area (Å²) in [5.41, 5.74) is 0. The van der Waals surface area contributed by atoms with Crippen LogP contribution in [0.3, 0.4) is 0 Å². The third kappa shape index (κ3) is 49.7. The van der Waals surface area contributed by atoms with Crippen LogP contribution in [-0.2, 0) is 23.8 Å². The van der Waals surface area contributed by atoms with Gasteiger partial charge in [-0.1, -0.05) is 196 Å². The molecule has 0 aliphatic heterocycles. The van der Waals surface area contributed by atoms with E-state index in [1.54, 1.807) is 0 Å². The summed E-state index contributed by atoms with van der Waals surface area (Å²) >= 11 is 0. The van der Waals surface area contributed by atoms with Gasteiger partial charge in [-0.15, -0.1) is 0 Å². The van der Waals surface area contributed by atoms with Crippen LogP contribution in [0.5, 0.6) is 0 Å². The van der Waals surface area contributed by atoms with E-state index in [1.165, 1.54) is 109 Å². The van der Waals surface area contributed by atoms with Crippen molar-refractivity contribution in [2.45, 2.75) is 245 Å². The normalized spacial score (nSPS) is 12.9. The minimum Gasteiger partial charge on any atom is -0.462 e. The van der Waals surface area contributed by atoms with Gasteiger partial charge >= 0.3 is 11.9 Å². The molecule has 1 atom stereocenters. The molecule has 0 N–H and O–H groups in total. The Labute approximate surface area is 384 Å². The number of carbonyl (C=O) groups is 2. The van der Waals surface area contributed by atoms with Crippen molar-refractivity contribution in [1.29, 1.82) is 0 Å². The predicted octanol–water partition coefficient (Wildman–Crippen LogP) is 17.7. The third-order valence-electron chi connectivity index (χ3n) is 10.9. The fraction of sp³-hybridized carbons (Fsp3) is 0.719. The van der Waals surface area contributed by atoms with Gasteiger partial charge in [-0.25, -0.2) is 0 Å². The zero-order valence-electron chi connectivity index (χ0n) is 40.9. The zero-order valence-corrected chi connectivity index (χ0v) is 40.9. The van der Waals surface area contributed by atoms with Crippen LogP contribution in [-0.4, -0.2) is 37.9 Å². The average molecular weight is 863 g/mol. The molecule has 356 valence electrons. The second-order valence-electron chi connectivity index (χ2n) is 17.0. The van der Waals surface area contributed by atoms with Crippen molar-refractivity contribution >= 4 is 11.9 Å². The van der Waals surface area contributed by atoms with Crippen molar-refractivity contribution < 1.29 is 23.8 Å². The van der Waals surface area contributed by atoms with Crippen molar-refractivity contribution in [3.8, 4) is 0 Å². The van der Waals surface area contributed by atoms with E-state index in [0.717, 1.165) is 96.3 Å². The topological polar surface area (TPSA) is 61.8 Å². The molecule has 0 aromatic rings.